The minimum absolute atomic E-state index is 0. The Morgan fingerprint density at radius 3 is 1.88 bits per heavy atom. The Morgan fingerprint density at radius 2 is 1.35 bits per heavy atom. The van der Waals surface area contributed by atoms with Crippen LogP contribution in [0.4, 0.5) is 0 Å². The second-order valence-corrected chi connectivity index (χ2v) is 2.74. The summed E-state index contributed by atoms with van der Waals surface area (Å²) in [6.45, 7) is -0.171. The van der Waals surface area contributed by atoms with Gasteiger partial charge in [0.2, 0.25) is 0 Å². The summed E-state index contributed by atoms with van der Waals surface area (Å²) in [6, 6.07) is 0. The second-order valence-electron chi connectivity index (χ2n) is 2.74. The summed E-state index contributed by atoms with van der Waals surface area (Å²) in [6.07, 6.45) is 0.318. The van der Waals surface area contributed by atoms with Gasteiger partial charge in [0.15, 0.2) is 0 Å². The number of esters is 2. The van der Waals surface area contributed by atoms with Crippen molar-refractivity contribution >= 4 is 11.9 Å². The molecular formula is C11H24O6. The summed E-state index contributed by atoms with van der Waals surface area (Å²) in [4.78, 5) is 21.6. The summed E-state index contributed by atoms with van der Waals surface area (Å²) in [5.74, 6) is -1.01. The van der Waals surface area contributed by atoms with Crippen LogP contribution in [-0.2, 0) is 19.1 Å². The van der Waals surface area contributed by atoms with Gasteiger partial charge in [0.05, 0.1) is 26.1 Å². The van der Waals surface area contributed by atoms with E-state index in [1.54, 1.807) is 0 Å². The predicted octanol–water partition coefficient (Wildman–Crippen LogP) is 0.500. The highest BCUT2D eigenvalue weighted by Crippen LogP contribution is 1.92. The van der Waals surface area contributed by atoms with Gasteiger partial charge in [0.1, 0.15) is 6.61 Å². The van der Waals surface area contributed by atoms with Crippen LogP contribution in [0.5, 0.6) is 0 Å². The third-order valence-electron chi connectivity index (χ3n) is 1.45. The van der Waals surface area contributed by atoms with Crippen LogP contribution in [0.2, 0.25) is 0 Å². The van der Waals surface area contributed by atoms with Crippen LogP contribution in [0.3, 0.4) is 0 Å². The minimum atomic E-state index is -0.541. The standard InChI is InChI=1S/C9H16O6.2CH4/c10-4-1-6-14-9(13)3-7-15-8(12)2-5-11;;/h10-11H,1-7H2;2*1H4. The van der Waals surface area contributed by atoms with Gasteiger partial charge in [-0.05, 0) is 0 Å². The van der Waals surface area contributed by atoms with Crippen molar-refractivity contribution in [2.75, 3.05) is 26.4 Å². The number of ether oxygens (including phenoxy) is 2. The summed E-state index contributed by atoms with van der Waals surface area (Å²) in [5.41, 5.74) is 0. The topological polar surface area (TPSA) is 93.1 Å². The molecule has 17 heavy (non-hydrogen) atoms. The highest BCUT2D eigenvalue weighted by atomic mass is 16.5. The highest BCUT2D eigenvalue weighted by molar-refractivity contribution is 5.71. The molecule has 0 saturated heterocycles. The summed E-state index contributed by atoms with van der Waals surface area (Å²) < 4.78 is 9.29. The maximum absolute atomic E-state index is 10.9. The Balaban J connectivity index is -0.000000980. The monoisotopic (exact) mass is 252 g/mol. The molecule has 0 radical (unpaired) electrons. The molecule has 0 aromatic heterocycles. The van der Waals surface area contributed by atoms with Crippen molar-refractivity contribution in [2.24, 2.45) is 0 Å². The molecule has 0 rings (SSSR count). The Labute approximate surface area is 103 Å². The zero-order valence-electron chi connectivity index (χ0n) is 8.48. The van der Waals surface area contributed by atoms with Crippen molar-refractivity contribution in [3.8, 4) is 0 Å². The van der Waals surface area contributed by atoms with Crippen molar-refractivity contribution in [1.82, 2.24) is 0 Å². The molecule has 0 aliphatic heterocycles. The van der Waals surface area contributed by atoms with Crippen molar-refractivity contribution < 1.29 is 29.3 Å². The second kappa shape index (κ2) is 14.9. The Bertz CT molecular complexity index is 192. The number of aliphatic hydroxyl groups excluding tert-OH is 2. The van der Waals surface area contributed by atoms with E-state index in [1.165, 1.54) is 0 Å². The number of aliphatic hydroxyl groups is 2. The molecule has 0 amide bonds. The summed E-state index contributed by atoms with van der Waals surface area (Å²) in [7, 11) is 0. The van der Waals surface area contributed by atoms with E-state index in [1.807, 2.05) is 0 Å². The number of carbonyl (C=O) groups excluding carboxylic acids is 2. The number of rotatable bonds is 8. The maximum Gasteiger partial charge on any atom is 0.309 e. The van der Waals surface area contributed by atoms with E-state index in [9.17, 15) is 9.59 Å². The minimum Gasteiger partial charge on any atom is -0.465 e. The first-order chi connectivity index (χ1) is 7.20. The maximum atomic E-state index is 10.9. The normalized spacial score (nSPS) is 8.59. The molecule has 0 fully saturated rings. The predicted molar refractivity (Wildman–Crippen MR) is 63.4 cm³/mol. The molecule has 0 heterocycles. The van der Waals surface area contributed by atoms with Gasteiger partial charge < -0.3 is 19.7 Å². The zero-order valence-corrected chi connectivity index (χ0v) is 8.48. The van der Waals surface area contributed by atoms with E-state index in [-0.39, 0.29) is 54.1 Å². The van der Waals surface area contributed by atoms with Crippen LogP contribution >= 0.6 is 0 Å². The van der Waals surface area contributed by atoms with Crippen LogP contribution in [0.25, 0.3) is 0 Å². The van der Waals surface area contributed by atoms with Gasteiger partial charge in [-0.15, -0.1) is 0 Å². The van der Waals surface area contributed by atoms with Crippen LogP contribution in [0, 0.1) is 0 Å². The fraction of sp³-hybridized carbons (Fsp3) is 0.818. The smallest absolute Gasteiger partial charge is 0.309 e. The van der Waals surface area contributed by atoms with Gasteiger partial charge in [-0.1, -0.05) is 14.9 Å². The van der Waals surface area contributed by atoms with E-state index >= 15 is 0 Å². The summed E-state index contributed by atoms with van der Waals surface area (Å²) in [5, 5.41) is 16.8. The van der Waals surface area contributed by atoms with Gasteiger partial charge in [-0.2, -0.15) is 0 Å². The third kappa shape index (κ3) is 14.9. The molecule has 6 nitrogen and oxygen atoms in total. The molecule has 6 heteroatoms. The summed E-state index contributed by atoms with van der Waals surface area (Å²) >= 11 is 0. The van der Waals surface area contributed by atoms with E-state index in [0.717, 1.165) is 0 Å². The Kier molecular flexibility index (Phi) is 18.5. The van der Waals surface area contributed by atoms with Gasteiger partial charge >= 0.3 is 11.9 Å². The molecular weight excluding hydrogens is 228 g/mol. The lowest BCUT2D eigenvalue weighted by atomic mass is 10.4. The average molecular weight is 252 g/mol. The molecule has 2 N–H and O–H groups in total. The van der Waals surface area contributed by atoms with E-state index in [2.05, 4.69) is 9.47 Å². The first-order valence-electron chi connectivity index (χ1n) is 4.73. The fourth-order valence-corrected chi connectivity index (χ4v) is 0.734. The van der Waals surface area contributed by atoms with Gasteiger partial charge in [0, 0.05) is 13.0 Å². The number of hydrogen-bond donors (Lipinski definition) is 2. The van der Waals surface area contributed by atoms with Crippen LogP contribution in [0.1, 0.15) is 34.1 Å². The quantitative estimate of drug-likeness (QED) is 0.482. The Morgan fingerprint density at radius 1 is 0.824 bits per heavy atom. The van der Waals surface area contributed by atoms with Crippen molar-refractivity contribution in [3.63, 3.8) is 0 Å². The average Bonchev–Trinajstić information content (AvgIpc) is 2.18. The third-order valence-corrected chi connectivity index (χ3v) is 1.45. The van der Waals surface area contributed by atoms with Gasteiger partial charge in [-0.25, -0.2) is 0 Å². The van der Waals surface area contributed by atoms with Crippen LogP contribution < -0.4 is 0 Å². The van der Waals surface area contributed by atoms with E-state index in [0.29, 0.717) is 6.42 Å². The van der Waals surface area contributed by atoms with Crippen LogP contribution in [0.15, 0.2) is 0 Å². The van der Waals surface area contributed by atoms with Crippen molar-refractivity contribution in [3.05, 3.63) is 0 Å². The largest absolute Gasteiger partial charge is 0.465 e. The van der Waals surface area contributed by atoms with Gasteiger partial charge in [-0.3, -0.25) is 9.59 Å². The molecule has 0 spiro atoms. The molecule has 0 unspecified atom stereocenters. The molecule has 0 aromatic rings. The molecule has 0 aromatic carbocycles. The highest BCUT2D eigenvalue weighted by Gasteiger charge is 2.05. The first-order valence-corrected chi connectivity index (χ1v) is 4.73. The zero-order chi connectivity index (χ0) is 11.5. The molecule has 0 atom stereocenters. The van der Waals surface area contributed by atoms with Crippen molar-refractivity contribution in [1.29, 1.82) is 0 Å². The lowest BCUT2D eigenvalue weighted by Crippen LogP contribution is -2.13. The van der Waals surface area contributed by atoms with Crippen LogP contribution in [-0.4, -0.2) is 48.6 Å². The fourth-order valence-electron chi connectivity index (χ4n) is 0.734. The lowest BCUT2D eigenvalue weighted by molar-refractivity contribution is -0.149. The van der Waals surface area contributed by atoms with Crippen molar-refractivity contribution in [2.45, 2.75) is 34.1 Å². The SMILES string of the molecule is C.C.O=C(CCO)OCCC(=O)OCCCO. The Hall–Kier alpha value is -1.14. The molecule has 104 valence electrons. The molecule has 0 bridgehead atoms. The van der Waals surface area contributed by atoms with E-state index < -0.39 is 11.9 Å². The molecule has 0 aliphatic carbocycles. The van der Waals surface area contributed by atoms with Gasteiger partial charge in [0.25, 0.3) is 0 Å². The molecule has 0 saturated carbocycles. The number of hydrogen-bond acceptors (Lipinski definition) is 6. The lowest BCUT2D eigenvalue weighted by Gasteiger charge is -2.04. The van der Waals surface area contributed by atoms with E-state index in [4.69, 9.17) is 10.2 Å². The number of carbonyl (C=O) groups is 2. The first kappa shape index (κ1) is 21.2. The molecule has 0 aliphatic rings.